The molecule has 1 unspecified atom stereocenters. The molecule has 1 saturated heterocycles. The third-order valence-corrected chi connectivity index (χ3v) is 4.84. The Morgan fingerprint density at radius 1 is 1.22 bits per heavy atom. The Balaban J connectivity index is 0.00000484. The van der Waals surface area contributed by atoms with E-state index in [1.54, 1.807) is 0 Å². The molecule has 7 heteroatoms. The number of rotatable bonds is 8. The second-order valence-corrected chi connectivity index (χ2v) is 7.83. The molecule has 0 aromatic heterocycles. The quantitative estimate of drug-likeness (QED) is 0.690. The molecule has 0 aliphatic carbocycles. The first-order valence-corrected chi connectivity index (χ1v) is 9.38. The van der Waals surface area contributed by atoms with E-state index >= 15 is 0 Å². The van der Waals surface area contributed by atoms with Gasteiger partial charge >= 0.3 is 0 Å². The second-order valence-electron chi connectivity index (χ2n) is 6.85. The highest BCUT2D eigenvalue weighted by atomic mass is 35.5. The lowest BCUT2D eigenvalue weighted by molar-refractivity contribution is -0.129. The van der Waals surface area contributed by atoms with Crippen LogP contribution in [0.3, 0.4) is 0 Å². The average molecular weight is 366 g/mol. The van der Waals surface area contributed by atoms with Crippen molar-refractivity contribution in [3.05, 3.63) is 0 Å². The molecule has 1 heterocycles. The standard InChI is InChI=1S/C16H31N3O2S.ClH/c1-13(2)9-16(3,12-17)18-14(20)10-22-11-15(21)19-7-5-4-6-8-19;/h13H,4-12,17H2,1-3H3,(H,18,20);1H. The molecule has 0 saturated carbocycles. The third-order valence-electron chi connectivity index (χ3n) is 3.92. The van der Waals surface area contributed by atoms with Crippen LogP contribution in [0.15, 0.2) is 0 Å². The number of thioether (sulfide) groups is 1. The van der Waals surface area contributed by atoms with Crippen LogP contribution in [-0.4, -0.2) is 53.4 Å². The highest BCUT2D eigenvalue weighted by molar-refractivity contribution is 8.00. The normalized spacial score (nSPS) is 17.3. The van der Waals surface area contributed by atoms with Crippen molar-refractivity contribution in [1.82, 2.24) is 10.2 Å². The summed E-state index contributed by atoms with van der Waals surface area (Å²) in [7, 11) is 0. The monoisotopic (exact) mass is 365 g/mol. The molecular formula is C16H32ClN3O2S. The molecule has 2 amide bonds. The summed E-state index contributed by atoms with van der Waals surface area (Å²) in [4.78, 5) is 26.0. The molecule has 0 bridgehead atoms. The van der Waals surface area contributed by atoms with Gasteiger partial charge in [-0.3, -0.25) is 9.59 Å². The fourth-order valence-electron chi connectivity index (χ4n) is 2.92. The number of amides is 2. The first kappa shape index (κ1) is 22.5. The highest BCUT2D eigenvalue weighted by Crippen LogP contribution is 2.16. The van der Waals surface area contributed by atoms with E-state index in [2.05, 4.69) is 19.2 Å². The van der Waals surface area contributed by atoms with Crippen LogP contribution in [0.2, 0.25) is 0 Å². The summed E-state index contributed by atoms with van der Waals surface area (Å²) in [5.74, 6) is 1.29. The Morgan fingerprint density at radius 2 is 1.83 bits per heavy atom. The molecular weight excluding hydrogens is 334 g/mol. The van der Waals surface area contributed by atoms with Gasteiger partial charge in [0.15, 0.2) is 0 Å². The average Bonchev–Trinajstić information content (AvgIpc) is 2.47. The molecule has 0 aromatic carbocycles. The van der Waals surface area contributed by atoms with Crippen molar-refractivity contribution >= 4 is 36.0 Å². The summed E-state index contributed by atoms with van der Waals surface area (Å²) >= 11 is 1.39. The van der Waals surface area contributed by atoms with Crippen LogP contribution in [0.1, 0.15) is 46.5 Å². The van der Waals surface area contributed by atoms with E-state index in [4.69, 9.17) is 5.73 Å². The predicted molar refractivity (Wildman–Crippen MR) is 100 cm³/mol. The number of hydrogen-bond acceptors (Lipinski definition) is 4. The maximum atomic E-state index is 12.0. The van der Waals surface area contributed by atoms with Gasteiger partial charge in [0.2, 0.25) is 11.8 Å². The van der Waals surface area contributed by atoms with Gasteiger partial charge in [0.1, 0.15) is 0 Å². The van der Waals surface area contributed by atoms with E-state index in [0.717, 1.165) is 32.4 Å². The van der Waals surface area contributed by atoms with Crippen molar-refractivity contribution in [1.29, 1.82) is 0 Å². The lowest BCUT2D eigenvalue weighted by Crippen LogP contribution is -2.52. The lowest BCUT2D eigenvalue weighted by atomic mass is 9.91. The number of halogens is 1. The Bertz CT molecular complexity index is 376. The summed E-state index contributed by atoms with van der Waals surface area (Å²) in [6, 6.07) is 0. The Labute approximate surface area is 150 Å². The van der Waals surface area contributed by atoms with Crippen molar-refractivity contribution in [2.75, 3.05) is 31.1 Å². The molecule has 0 spiro atoms. The Hall–Kier alpha value is -0.460. The van der Waals surface area contributed by atoms with Gasteiger partial charge in [-0.25, -0.2) is 0 Å². The molecule has 0 aromatic rings. The number of carbonyl (C=O) groups is 2. The van der Waals surface area contributed by atoms with Crippen LogP contribution >= 0.6 is 24.2 Å². The molecule has 0 radical (unpaired) electrons. The van der Waals surface area contributed by atoms with Crippen LogP contribution in [0, 0.1) is 5.92 Å². The summed E-state index contributed by atoms with van der Waals surface area (Å²) in [6.45, 7) is 8.37. The van der Waals surface area contributed by atoms with E-state index in [0.29, 0.717) is 24.0 Å². The van der Waals surface area contributed by atoms with Crippen molar-refractivity contribution in [2.24, 2.45) is 11.7 Å². The molecule has 136 valence electrons. The fourth-order valence-corrected chi connectivity index (χ4v) is 3.64. The summed E-state index contributed by atoms with van der Waals surface area (Å²) in [6.07, 6.45) is 4.27. The predicted octanol–water partition coefficient (Wildman–Crippen LogP) is 2.03. The zero-order valence-electron chi connectivity index (χ0n) is 14.6. The molecule has 1 rings (SSSR count). The van der Waals surface area contributed by atoms with Gasteiger partial charge in [0.25, 0.3) is 0 Å². The minimum Gasteiger partial charge on any atom is -0.349 e. The number of piperidine rings is 1. The summed E-state index contributed by atoms with van der Waals surface area (Å²) in [5, 5.41) is 3.02. The molecule has 5 nitrogen and oxygen atoms in total. The smallest absolute Gasteiger partial charge is 0.232 e. The van der Waals surface area contributed by atoms with Crippen molar-refractivity contribution in [3.8, 4) is 0 Å². The van der Waals surface area contributed by atoms with Gasteiger partial charge in [-0.15, -0.1) is 24.2 Å². The van der Waals surface area contributed by atoms with Gasteiger partial charge < -0.3 is 16.0 Å². The van der Waals surface area contributed by atoms with E-state index < -0.39 is 0 Å². The number of carbonyl (C=O) groups excluding carboxylic acids is 2. The zero-order valence-corrected chi connectivity index (χ0v) is 16.2. The number of nitrogens with two attached hydrogens (primary N) is 1. The van der Waals surface area contributed by atoms with E-state index in [1.165, 1.54) is 18.2 Å². The van der Waals surface area contributed by atoms with E-state index in [1.807, 2.05) is 11.8 Å². The molecule has 1 aliphatic rings. The maximum absolute atomic E-state index is 12.0. The highest BCUT2D eigenvalue weighted by Gasteiger charge is 2.26. The Morgan fingerprint density at radius 3 is 2.35 bits per heavy atom. The van der Waals surface area contributed by atoms with Crippen LogP contribution in [0.4, 0.5) is 0 Å². The van der Waals surface area contributed by atoms with Crippen molar-refractivity contribution in [3.63, 3.8) is 0 Å². The van der Waals surface area contributed by atoms with Gasteiger partial charge in [-0.2, -0.15) is 0 Å². The van der Waals surface area contributed by atoms with Crippen LogP contribution in [-0.2, 0) is 9.59 Å². The van der Waals surface area contributed by atoms with Crippen LogP contribution in [0.5, 0.6) is 0 Å². The molecule has 23 heavy (non-hydrogen) atoms. The lowest BCUT2D eigenvalue weighted by Gasteiger charge is -2.31. The van der Waals surface area contributed by atoms with Gasteiger partial charge in [-0.1, -0.05) is 13.8 Å². The largest absolute Gasteiger partial charge is 0.349 e. The SMILES string of the molecule is CC(C)CC(C)(CN)NC(=O)CSCC(=O)N1CCCCC1.Cl. The third kappa shape index (κ3) is 8.82. The van der Waals surface area contributed by atoms with Crippen molar-refractivity contribution < 1.29 is 9.59 Å². The van der Waals surface area contributed by atoms with E-state index in [-0.39, 0.29) is 29.8 Å². The minimum atomic E-state index is -0.358. The number of nitrogens with zero attached hydrogens (tertiary/aromatic N) is 1. The van der Waals surface area contributed by atoms with Crippen LogP contribution in [0.25, 0.3) is 0 Å². The first-order chi connectivity index (χ1) is 10.4. The van der Waals surface area contributed by atoms with E-state index in [9.17, 15) is 9.59 Å². The molecule has 1 aliphatic heterocycles. The zero-order chi connectivity index (χ0) is 16.6. The molecule has 1 atom stereocenters. The topological polar surface area (TPSA) is 75.4 Å². The fraction of sp³-hybridized carbons (Fsp3) is 0.875. The Kier molecular flexibility index (Phi) is 10.9. The van der Waals surface area contributed by atoms with Gasteiger partial charge in [-0.05, 0) is 38.5 Å². The molecule has 1 fully saturated rings. The number of nitrogens with one attached hydrogen (secondary N) is 1. The maximum Gasteiger partial charge on any atom is 0.232 e. The number of likely N-dealkylation sites (tertiary alicyclic amines) is 1. The second kappa shape index (κ2) is 11.2. The minimum absolute atomic E-state index is 0. The van der Waals surface area contributed by atoms with Crippen molar-refractivity contribution in [2.45, 2.75) is 52.0 Å². The summed E-state index contributed by atoms with van der Waals surface area (Å²) in [5.41, 5.74) is 5.44. The number of hydrogen-bond donors (Lipinski definition) is 2. The summed E-state index contributed by atoms with van der Waals surface area (Å²) < 4.78 is 0. The molecule has 3 N–H and O–H groups in total. The van der Waals surface area contributed by atoms with Gasteiger partial charge in [0, 0.05) is 25.2 Å². The van der Waals surface area contributed by atoms with Crippen LogP contribution < -0.4 is 11.1 Å². The van der Waals surface area contributed by atoms with Gasteiger partial charge in [0.05, 0.1) is 11.5 Å². The first-order valence-electron chi connectivity index (χ1n) is 8.23.